The highest BCUT2D eigenvalue weighted by atomic mass is 19.1. The van der Waals surface area contributed by atoms with E-state index in [2.05, 4.69) is 5.32 Å². The molecule has 1 N–H and O–H groups in total. The van der Waals surface area contributed by atoms with E-state index in [0.29, 0.717) is 30.2 Å². The van der Waals surface area contributed by atoms with Gasteiger partial charge < -0.3 is 19.5 Å². The van der Waals surface area contributed by atoms with Crippen molar-refractivity contribution in [3.8, 4) is 17.2 Å². The number of halogens is 1. The zero-order valence-electron chi connectivity index (χ0n) is 12.4. The Morgan fingerprint density at radius 1 is 1.13 bits per heavy atom. The van der Waals surface area contributed by atoms with Crippen LogP contribution in [-0.2, 0) is 11.2 Å². The first-order chi connectivity index (χ1) is 11.2. The molecule has 0 aliphatic carbocycles. The van der Waals surface area contributed by atoms with Crippen molar-refractivity contribution in [3.63, 3.8) is 0 Å². The first-order valence-corrected chi connectivity index (χ1v) is 7.24. The summed E-state index contributed by atoms with van der Waals surface area (Å²) < 4.78 is 28.6. The molecule has 0 fully saturated rings. The minimum Gasteiger partial charge on any atom is -0.484 e. The molecule has 0 saturated carbocycles. The van der Waals surface area contributed by atoms with E-state index in [1.54, 1.807) is 30.3 Å². The van der Waals surface area contributed by atoms with E-state index in [1.165, 1.54) is 12.1 Å². The van der Waals surface area contributed by atoms with E-state index < -0.39 is 0 Å². The maximum atomic E-state index is 12.8. The summed E-state index contributed by atoms with van der Waals surface area (Å²) in [7, 11) is 0. The highest BCUT2D eigenvalue weighted by Gasteiger charge is 2.14. The standard InChI is InChI=1S/C17H16FNO4/c18-13-3-1-12(2-4-13)7-8-19-17(20)10-21-14-5-6-15-16(9-14)23-11-22-15/h1-6,9H,7-8,10-11H2,(H,19,20). The molecule has 0 bridgehead atoms. The third-order valence-corrected chi connectivity index (χ3v) is 3.36. The summed E-state index contributed by atoms with van der Waals surface area (Å²) >= 11 is 0. The van der Waals surface area contributed by atoms with Gasteiger partial charge in [-0.25, -0.2) is 4.39 Å². The molecule has 0 atom stereocenters. The third-order valence-electron chi connectivity index (χ3n) is 3.36. The van der Waals surface area contributed by atoms with Gasteiger partial charge in [0.1, 0.15) is 11.6 Å². The topological polar surface area (TPSA) is 56.8 Å². The van der Waals surface area contributed by atoms with Crippen LogP contribution in [0.1, 0.15) is 5.56 Å². The number of hydrogen-bond donors (Lipinski definition) is 1. The Labute approximate surface area is 133 Å². The second kappa shape index (κ2) is 7.00. The first kappa shape index (κ1) is 15.1. The van der Waals surface area contributed by atoms with Gasteiger partial charge in [0, 0.05) is 12.6 Å². The fraction of sp³-hybridized carbons (Fsp3) is 0.235. The summed E-state index contributed by atoms with van der Waals surface area (Å²) in [6.07, 6.45) is 0.635. The monoisotopic (exact) mass is 317 g/mol. The number of ether oxygens (including phenoxy) is 3. The van der Waals surface area contributed by atoms with Crippen LogP contribution in [0.4, 0.5) is 4.39 Å². The van der Waals surface area contributed by atoms with Crippen molar-refractivity contribution in [3.05, 3.63) is 53.8 Å². The van der Waals surface area contributed by atoms with Crippen LogP contribution in [0.5, 0.6) is 17.2 Å². The molecule has 6 heteroatoms. The number of amides is 1. The highest BCUT2D eigenvalue weighted by molar-refractivity contribution is 5.77. The summed E-state index contributed by atoms with van der Waals surface area (Å²) in [5.74, 6) is 1.34. The lowest BCUT2D eigenvalue weighted by molar-refractivity contribution is -0.123. The normalized spacial score (nSPS) is 12.0. The molecule has 0 spiro atoms. The molecule has 3 rings (SSSR count). The van der Waals surface area contributed by atoms with Gasteiger partial charge in [-0.2, -0.15) is 0 Å². The van der Waals surface area contributed by atoms with Gasteiger partial charge in [0.15, 0.2) is 18.1 Å². The first-order valence-electron chi connectivity index (χ1n) is 7.24. The van der Waals surface area contributed by atoms with E-state index in [0.717, 1.165) is 5.56 Å². The quantitative estimate of drug-likeness (QED) is 0.888. The molecule has 2 aromatic rings. The molecule has 1 aliphatic rings. The number of carbonyl (C=O) groups excluding carboxylic acids is 1. The number of carbonyl (C=O) groups is 1. The fourth-order valence-electron chi connectivity index (χ4n) is 2.16. The Hall–Kier alpha value is -2.76. The molecule has 120 valence electrons. The molecular weight excluding hydrogens is 301 g/mol. The molecular formula is C17H16FNO4. The summed E-state index contributed by atoms with van der Waals surface area (Å²) in [4.78, 5) is 11.7. The Kier molecular flexibility index (Phi) is 4.61. The zero-order valence-corrected chi connectivity index (χ0v) is 12.4. The maximum absolute atomic E-state index is 12.8. The maximum Gasteiger partial charge on any atom is 0.257 e. The lowest BCUT2D eigenvalue weighted by atomic mass is 10.1. The number of nitrogens with one attached hydrogen (secondary N) is 1. The van der Waals surface area contributed by atoms with E-state index in [9.17, 15) is 9.18 Å². The minimum atomic E-state index is -0.269. The van der Waals surface area contributed by atoms with E-state index in [1.807, 2.05) is 0 Å². The van der Waals surface area contributed by atoms with Gasteiger partial charge >= 0.3 is 0 Å². The number of rotatable bonds is 6. The Morgan fingerprint density at radius 3 is 2.74 bits per heavy atom. The lowest BCUT2D eigenvalue weighted by Crippen LogP contribution is -2.30. The van der Waals surface area contributed by atoms with Crippen LogP contribution in [-0.4, -0.2) is 25.9 Å². The second-order valence-corrected chi connectivity index (χ2v) is 5.03. The van der Waals surface area contributed by atoms with Crippen LogP contribution < -0.4 is 19.5 Å². The predicted molar refractivity (Wildman–Crippen MR) is 81.2 cm³/mol. The van der Waals surface area contributed by atoms with Gasteiger partial charge in [-0.1, -0.05) is 12.1 Å². The van der Waals surface area contributed by atoms with Gasteiger partial charge in [0.25, 0.3) is 5.91 Å². The Balaban J connectivity index is 1.40. The molecule has 0 saturated heterocycles. The molecule has 1 amide bonds. The molecule has 0 unspecified atom stereocenters. The number of fused-ring (bicyclic) bond motifs is 1. The van der Waals surface area contributed by atoms with Crippen molar-refractivity contribution in [1.29, 1.82) is 0 Å². The summed E-state index contributed by atoms with van der Waals surface area (Å²) in [6.45, 7) is 0.584. The lowest BCUT2D eigenvalue weighted by Gasteiger charge is -2.08. The van der Waals surface area contributed by atoms with Crippen LogP contribution in [0.3, 0.4) is 0 Å². The van der Waals surface area contributed by atoms with Crippen LogP contribution in [0.25, 0.3) is 0 Å². The molecule has 23 heavy (non-hydrogen) atoms. The van der Waals surface area contributed by atoms with Gasteiger partial charge in [0.2, 0.25) is 6.79 Å². The fourth-order valence-corrected chi connectivity index (χ4v) is 2.16. The zero-order chi connectivity index (χ0) is 16.1. The average molecular weight is 317 g/mol. The van der Waals surface area contributed by atoms with Crippen LogP contribution in [0, 0.1) is 5.82 Å². The van der Waals surface area contributed by atoms with Crippen LogP contribution in [0.2, 0.25) is 0 Å². The van der Waals surface area contributed by atoms with Gasteiger partial charge in [-0.15, -0.1) is 0 Å². The van der Waals surface area contributed by atoms with Crippen molar-refractivity contribution >= 4 is 5.91 Å². The summed E-state index contributed by atoms with van der Waals surface area (Å²) in [6, 6.07) is 11.4. The number of benzene rings is 2. The third kappa shape index (κ3) is 4.12. The van der Waals surface area contributed by atoms with Gasteiger partial charge in [0.05, 0.1) is 0 Å². The molecule has 2 aromatic carbocycles. The number of hydrogen-bond acceptors (Lipinski definition) is 4. The molecule has 0 aromatic heterocycles. The SMILES string of the molecule is O=C(COc1ccc2c(c1)OCO2)NCCc1ccc(F)cc1. The minimum absolute atomic E-state index is 0.0803. The molecule has 0 radical (unpaired) electrons. The van der Waals surface area contributed by atoms with Gasteiger partial charge in [-0.3, -0.25) is 4.79 Å². The van der Waals surface area contributed by atoms with E-state index in [-0.39, 0.29) is 25.1 Å². The van der Waals surface area contributed by atoms with Crippen molar-refractivity contribution in [2.75, 3.05) is 19.9 Å². The summed E-state index contributed by atoms with van der Waals surface area (Å²) in [5, 5.41) is 2.75. The van der Waals surface area contributed by atoms with Crippen LogP contribution in [0.15, 0.2) is 42.5 Å². The average Bonchev–Trinajstić information content (AvgIpc) is 3.02. The van der Waals surface area contributed by atoms with E-state index in [4.69, 9.17) is 14.2 Å². The highest BCUT2D eigenvalue weighted by Crippen LogP contribution is 2.34. The van der Waals surface area contributed by atoms with Crippen molar-refractivity contribution in [1.82, 2.24) is 5.32 Å². The molecule has 5 nitrogen and oxygen atoms in total. The molecule has 1 heterocycles. The Bertz CT molecular complexity index is 687. The molecule has 1 aliphatic heterocycles. The Morgan fingerprint density at radius 2 is 1.91 bits per heavy atom. The van der Waals surface area contributed by atoms with Crippen molar-refractivity contribution < 1.29 is 23.4 Å². The van der Waals surface area contributed by atoms with Crippen LogP contribution >= 0.6 is 0 Å². The van der Waals surface area contributed by atoms with E-state index >= 15 is 0 Å². The van der Waals surface area contributed by atoms with Gasteiger partial charge in [-0.05, 0) is 36.2 Å². The predicted octanol–water partition coefficient (Wildman–Crippen LogP) is 2.29. The van der Waals surface area contributed by atoms with Crippen molar-refractivity contribution in [2.24, 2.45) is 0 Å². The smallest absolute Gasteiger partial charge is 0.257 e. The largest absolute Gasteiger partial charge is 0.484 e. The summed E-state index contributed by atoms with van der Waals surface area (Å²) in [5.41, 5.74) is 0.961. The second-order valence-electron chi connectivity index (χ2n) is 5.03. The van der Waals surface area contributed by atoms with Crippen molar-refractivity contribution in [2.45, 2.75) is 6.42 Å².